The number of amides is 2. The Hall–Kier alpha value is -2.61. The SMILES string of the molecule is CCCCN(Cc1cccn1Cc1ccc(Br)cc1)C(=O)CN(CCOC)C(=O)c1cccc(Cl)c1. The molecule has 1 heterocycles. The van der Waals surface area contributed by atoms with Gasteiger partial charge in [0.25, 0.3) is 5.91 Å². The van der Waals surface area contributed by atoms with Crippen molar-refractivity contribution >= 4 is 39.3 Å². The first kappa shape index (κ1) is 28.0. The number of aromatic nitrogens is 1. The smallest absolute Gasteiger partial charge is 0.254 e. The molecule has 1 aromatic heterocycles. The van der Waals surface area contributed by atoms with Crippen molar-refractivity contribution in [2.24, 2.45) is 0 Å². The van der Waals surface area contributed by atoms with E-state index in [-0.39, 0.29) is 18.4 Å². The molecule has 0 aliphatic carbocycles. The molecule has 2 aromatic carbocycles. The highest BCUT2D eigenvalue weighted by Crippen LogP contribution is 2.16. The molecule has 0 radical (unpaired) electrons. The normalized spacial score (nSPS) is 10.9. The highest BCUT2D eigenvalue weighted by atomic mass is 79.9. The highest BCUT2D eigenvalue weighted by Gasteiger charge is 2.23. The van der Waals surface area contributed by atoms with Crippen LogP contribution in [0.15, 0.2) is 71.3 Å². The van der Waals surface area contributed by atoms with E-state index in [0.717, 1.165) is 29.6 Å². The summed E-state index contributed by atoms with van der Waals surface area (Å²) in [4.78, 5) is 30.1. The number of hydrogen-bond acceptors (Lipinski definition) is 3. The first-order valence-corrected chi connectivity index (χ1v) is 13.3. The third kappa shape index (κ3) is 8.22. The summed E-state index contributed by atoms with van der Waals surface area (Å²) in [7, 11) is 1.58. The monoisotopic (exact) mass is 573 g/mol. The predicted molar refractivity (Wildman–Crippen MR) is 147 cm³/mol. The Balaban J connectivity index is 1.75. The number of halogens is 2. The van der Waals surface area contributed by atoms with E-state index in [1.54, 1.807) is 31.4 Å². The molecule has 0 bridgehead atoms. The standard InChI is InChI=1S/C28H33BrClN3O3/c1-3-4-14-32(20-26-9-6-15-31(26)19-22-10-12-24(29)13-11-22)27(34)21-33(16-17-36-2)28(35)23-7-5-8-25(30)18-23/h5-13,15,18H,3-4,14,16-17,19-21H2,1-2H3. The fraction of sp³-hybridized carbons (Fsp3) is 0.357. The van der Waals surface area contributed by atoms with Crippen LogP contribution in [-0.4, -0.2) is 59.5 Å². The van der Waals surface area contributed by atoms with Crippen LogP contribution >= 0.6 is 27.5 Å². The van der Waals surface area contributed by atoms with Crippen LogP contribution in [0.3, 0.4) is 0 Å². The molecular formula is C28H33BrClN3O3. The van der Waals surface area contributed by atoms with Gasteiger partial charge >= 0.3 is 0 Å². The van der Waals surface area contributed by atoms with Gasteiger partial charge in [-0.2, -0.15) is 0 Å². The maximum atomic E-state index is 13.5. The van der Waals surface area contributed by atoms with Gasteiger partial charge in [-0.1, -0.05) is 59.1 Å². The summed E-state index contributed by atoms with van der Waals surface area (Å²) in [5, 5.41) is 0.481. The molecular weight excluding hydrogens is 542 g/mol. The minimum Gasteiger partial charge on any atom is -0.383 e. The van der Waals surface area contributed by atoms with Gasteiger partial charge in [-0.25, -0.2) is 0 Å². The topological polar surface area (TPSA) is 54.8 Å². The number of rotatable bonds is 13. The third-order valence-corrected chi connectivity index (χ3v) is 6.69. The molecule has 192 valence electrons. The molecule has 0 aliphatic rings. The maximum absolute atomic E-state index is 13.5. The number of carbonyl (C=O) groups is 2. The number of carbonyl (C=O) groups excluding carboxylic acids is 2. The first-order chi connectivity index (χ1) is 17.4. The van der Waals surface area contributed by atoms with Crippen LogP contribution in [0.4, 0.5) is 0 Å². The Morgan fingerprint density at radius 2 is 1.81 bits per heavy atom. The first-order valence-electron chi connectivity index (χ1n) is 12.1. The molecule has 36 heavy (non-hydrogen) atoms. The van der Waals surface area contributed by atoms with E-state index in [1.807, 2.05) is 35.4 Å². The molecule has 0 unspecified atom stereocenters. The molecule has 3 rings (SSSR count). The van der Waals surface area contributed by atoms with Crippen LogP contribution < -0.4 is 0 Å². The summed E-state index contributed by atoms with van der Waals surface area (Å²) in [5.41, 5.74) is 2.68. The second-order valence-corrected chi connectivity index (χ2v) is 10.0. The molecule has 0 spiro atoms. The molecule has 0 fully saturated rings. The van der Waals surface area contributed by atoms with Crippen molar-refractivity contribution in [3.05, 3.63) is 93.2 Å². The van der Waals surface area contributed by atoms with Gasteiger partial charge in [0.15, 0.2) is 0 Å². The number of methoxy groups -OCH3 is 1. The van der Waals surface area contributed by atoms with Gasteiger partial charge in [-0.15, -0.1) is 0 Å². The van der Waals surface area contributed by atoms with E-state index < -0.39 is 0 Å². The van der Waals surface area contributed by atoms with Crippen molar-refractivity contribution < 1.29 is 14.3 Å². The van der Waals surface area contributed by atoms with Crippen LogP contribution in [-0.2, 0) is 22.6 Å². The zero-order valence-corrected chi connectivity index (χ0v) is 23.2. The lowest BCUT2D eigenvalue weighted by atomic mass is 10.2. The number of nitrogens with zero attached hydrogens (tertiary/aromatic N) is 3. The minimum absolute atomic E-state index is 0.0220. The van der Waals surface area contributed by atoms with Crippen molar-refractivity contribution in [2.45, 2.75) is 32.9 Å². The van der Waals surface area contributed by atoms with Gasteiger partial charge in [0.2, 0.25) is 5.91 Å². The number of ether oxygens (including phenoxy) is 1. The molecule has 6 nitrogen and oxygen atoms in total. The Labute approximate surface area is 226 Å². The number of hydrogen-bond donors (Lipinski definition) is 0. The minimum atomic E-state index is -0.239. The number of benzene rings is 2. The molecule has 8 heteroatoms. The van der Waals surface area contributed by atoms with Crippen LogP contribution in [0.5, 0.6) is 0 Å². The van der Waals surface area contributed by atoms with Gasteiger partial charge in [0.1, 0.15) is 6.54 Å². The van der Waals surface area contributed by atoms with E-state index >= 15 is 0 Å². The average molecular weight is 575 g/mol. The molecule has 0 aliphatic heterocycles. The van der Waals surface area contributed by atoms with E-state index in [1.165, 1.54) is 10.5 Å². The lowest BCUT2D eigenvalue weighted by Gasteiger charge is -2.28. The molecule has 0 atom stereocenters. The van der Waals surface area contributed by atoms with Crippen LogP contribution in [0.2, 0.25) is 5.02 Å². The maximum Gasteiger partial charge on any atom is 0.254 e. The zero-order valence-electron chi connectivity index (χ0n) is 20.8. The summed E-state index contributed by atoms with van der Waals surface area (Å²) < 4.78 is 8.41. The molecule has 2 amide bonds. The third-order valence-electron chi connectivity index (χ3n) is 5.93. The van der Waals surface area contributed by atoms with Crippen molar-refractivity contribution in [3.63, 3.8) is 0 Å². The summed E-state index contributed by atoms with van der Waals surface area (Å²) in [5.74, 6) is -0.330. The summed E-state index contributed by atoms with van der Waals surface area (Å²) >= 11 is 9.58. The van der Waals surface area contributed by atoms with Crippen LogP contribution in [0, 0.1) is 0 Å². The Bertz CT molecular complexity index is 1130. The second-order valence-electron chi connectivity index (χ2n) is 8.65. The van der Waals surface area contributed by atoms with Gasteiger partial charge in [-0.3, -0.25) is 9.59 Å². The number of unbranched alkanes of at least 4 members (excludes halogenated alkanes) is 1. The van der Waals surface area contributed by atoms with Gasteiger partial charge in [0.05, 0.1) is 13.2 Å². The molecule has 0 N–H and O–H groups in total. The average Bonchev–Trinajstić information content (AvgIpc) is 3.31. The van der Waals surface area contributed by atoms with Gasteiger partial charge in [0, 0.05) is 53.7 Å². The second kappa shape index (κ2) is 14.2. The molecule has 0 saturated heterocycles. The Morgan fingerprint density at radius 3 is 2.50 bits per heavy atom. The Morgan fingerprint density at radius 1 is 1.03 bits per heavy atom. The van der Waals surface area contributed by atoms with Crippen molar-refractivity contribution in [1.82, 2.24) is 14.4 Å². The van der Waals surface area contributed by atoms with Gasteiger partial charge in [-0.05, 0) is 54.4 Å². The lowest BCUT2D eigenvalue weighted by molar-refractivity contribution is -0.132. The van der Waals surface area contributed by atoms with Crippen LogP contribution in [0.1, 0.15) is 41.4 Å². The summed E-state index contributed by atoms with van der Waals surface area (Å²) in [6, 6.07) is 19.1. The van der Waals surface area contributed by atoms with E-state index in [9.17, 15) is 9.59 Å². The zero-order chi connectivity index (χ0) is 25.9. The summed E-state index contributed by atoms with van der Waals surface area (Å²) in [6.07, 6.45) is 3.89. The highest BCUT2D eigenvalue weighted by molar-refractivity contribution is 9.10. The van der Waals surface area contributed by atoms with E-state index in [4.69, 9.17) is 16.3 Å². The quantitative estimate of drug-likeness (QED) is 0.257. The molecule has 3 aromatic rings. The Kier molecular flexibility index (Phi) is 11.0. The fourth-order valence-corrected chi connectivity index (χ4v) is 4.35. The predicted octanol–water partition coefficient (Wildman–Crippen LogP) is 5.87. The van der Waals surface area contributed by atoms with Crippen molar-refractivity contribution in [1.29, 1.82) is 0 Å². The lowest BCUT2D eigenvalue weighted by Crippen LogP contribution is -2.44. The van der Waals surface area contributed by atoms with Gasteiger partial charge < -0.3 is 19.1 Å². The largest absolute Gasteiger partial charge is 0.383 e. The summed E-state index contributed by atoms with van der Waals surface area (Å²) in [6.45, 7) is 4.56. The van der Waals surface area contributed by atoms with E-state index in [0.29, 0.717) is 36.8 Å². The fourth-order valence-electron chi connectivity index (χ4n) is 3.89. The van der Waals surface area contributed by atoms with Crippen molar-refractivity contribution in [3.8, 4) is 0 Å². The molecule has 0 saturated carbocycles. The van der Waals surface area contributed by atoms with Crippen LogP contribution in [0.25, 0.3) is 0 Å². The van der Waals surface area contributed by atoms with Crippen molar-refractivity contribution in [2.75, 3.05) is 33.4 Å². The van der Waals surface area contributed by atoms with E-state index in [2.05, 4.69) is 39.6 Å².